The van der Waals surface area contributed by atoms with Crippen LogP contribution in [0, 0.1) is 5.41 Å². The molecule has 1 heterocycles. The first kappa shape index (κ1) is 15.1. The zero-order chi connectivity index (χ0) is 15.3. The zero-order valence-electron chi connectivity index (χ0n) is 12.8. The fourth-order valence-corrected chi connectivity index (χ4v) is 4.79. The first-order chi connectivity index (χ1) is 9.83. The van der Waals surface area contributed by atoms with Gasteiger partial charge in [-0.05, 0) is 37.2 Å². The topological polar surface area (TPSA) is 77.1 Å². The number of aromatic nitrogens is 1. The molecular weight excluding hydrogens is 286 g/mol. The van der Waals surface area contributed by atoms with Gasteiger partial charge in [0.2, 0.25) is 10.0 Å². The predicted molar refractivity (Wildman–Crippen MR) is 82.3 cm³/mol. The van der Waals surface area contributed by atoms with E-state index in [1.807, 2.05) is 4.57 Å². The monoisotopic (exact) mass is 311 g/mol. The number of nitrogens with one attached hydrogen (secondary N) is 1. The van der Waals surface area contributed by atoms with Gasteiger partial charge in [-0.3, -0.25) is 0 Å². The number of nitrogens with two attached hydrogens (primary N) is 1. The third-order valence-corrected chi connectivity index (χ3v) is 6.36. The van der Waals surface area contributed by atoms with E-state index >= 15 is 0 Å². The van der Waals surface area contributed by atoms with Crippen molar-refractivity contribution in [2.24, 2.45) is 11.1 Å². The van der Waals surface area contributed by atoms with Crippen molar-refractivity contribution in [2.75, 3.05) is 0 Å². The van der Waals surface area contributed by atoms with Crippen LogP contribution >= 0.6 is 0 Å². The first-order valence-corrected chi connectivity index (χ1v) is 9.25. The third kappa shape index (κ3) is 2.89. The Morgan fingerprint density at radius 3 is 2.62 bits per heavy atom. The number of nitrogens with zero attached hydrogens (tertiary/aromatic N) is 1. The molecule has 2 aliphatic rings. The molecule has 3 rings (SSSR count). The van der Waals surface area contributed by atoms with E-state index in [2.05, 4.69) is 18.6 Å². The fourth-order valence-electron chi connectivity index (χ4n) is 3.30. The van der Waals surface area contributed by atoms with Gasteiger partial charge < -0.3 is 10.3 Å². The Bertz CT molecular complexity index is 629. The smallest absolute Gasteiger partial charge is 0.242 e. The largest absolute Gasteiger partial charge is 0.346 e. The summed E-state index contributed by atoms with van der Waals surface area (Å²) in [7, 11) is -3.46. The van der Waals surface area contributed by atoms with Gasteiger partial charge in [-0.2, -0.15) is 0 Å². The summed E-state index contributed by atoms with van der Waals surface area (Å²) in [4.78, 5) is 0.359. The molecule has 1 unspecified atom stereocenters. The predicted octanol–water partition coefficient (Wildman–Crippen LogP) is 2.14. The second-order valence-electron chi connectivity index (χ2n) is 7.06. The summed E-state index contributed by atoms with van der Waals surface area (Å²) in [5.74, 6) is 0. The first-order valence-electron chi connectivity index (χ1n) is 7.77. The standard InChI is InChI=1S/C15H25N3O2S/c1-15(2)7-3-4-14(15)17-21(19,20)13-8-12(9-16)18(10-13)11-5-6-11/h8,10-11,14,17H,3-7,9,16H2,1-2H3. The summed E-state index contributed by atoms with van der Waals surface area (Å²) in [5, 5.41) is 0. The van der Waals surface area contributed by atoms with Crippen molar-refractivity contribution in [3.8, 4) is 0 Å². The minimum Gasteiger partial charge on any atom is -0.346 e. The quantitative estimate of drug-likeness (QED) is 0.874. The Labute approximate surface area is 127 Å². The van der Waals surface area contributed by atoms with E-state index in [0.717, 1.165) is 37.8 Å². The van der Waals surface area contributed by atoms with Gasteiger partial charge in [0.15, 0.2) is 0 Å². The van der Waals surface area contributed by atoms with Gasteiger partial charge in [0, 0.05) is 30.5 Å². The second kappa shape index (κ2) is 5.11. The van der Waals surface area contributed by atoms with E-state index < -0.39 is 10.0 Å². The van der Waals surface area contributed by atoms with E-state index in [4.69, 9.17) is 5.73 Å². The highest BCUT2D eigenvalue weighted by Gasteiger charge is 2.38. The highest BCUT2D eigenvalue weighted by atomic mass is 32.2. The van der Waals surface area contributed by atoms with Crippen LogP contribution < -0.4 is 10.5 Å². The Morgan fingerprint density at radius 1 is 1.38 bits per heavy atom. The molecule has 0 aromatic carbocycles. The van der Waals surface area contributed by atoms with E-state index in [1.54, 1.807) is 12.3 Å². The molecule has 1 atom stereocenters. The molecule has 0 saturated heterocycles. The maximum absolute atomic E-state index is 12.6. The molecule has 2 saturated carbocycles. The summed E-state index contributed by atoms with van der Waals surface area (Å²) >= 11 is 0. The summed E-state index contributed by atoms with van der Waals surface area (Å²) in [6.07, 6.45) is 7.05. The van der Waals surface area contributed by atoms with Crippen molar-refractivity contribution in [3.63, 3.8) is 0 Å². The normalized spacial score (nSPS) is 25.4. The average molecular weight is 311 g/mol. The Balaban J connectivity index is 1.84. The van der Waals surface area contributed by atoms with E-state index in [9.17, 15) is 8.42 Å². The Kier molecular flexibility index (Phi) is 3.66. The van der Waals surface area contributed by atoms with Crippen LogP contribution in [0.4, 0.5) is 0 Å². The maximum Gasteiger partial charge on any atom is 0.242 e. The lowest BCUT2D eigenvalue weighted by Gasteiger charge is -2.27. The van der Waals surface area contributed by atoms with Gasteiger partial charge >= 0.3 is 0 Å². The van der Waals surface area contributed by atoms with Crippen LogP contribution in [-0.2, 0) is 16.6 Å². The minimum atomic E-state index is -3.46. The molecule has 0 spiro atoms. The van der Waals surface area contributed by atoms with Crippen molar-refractivity contribution in [3.05, 3.63) is 18.0 Å². The number of hydrogen-bond donors (Lipinski definition) is 2. The number of rotatable bonds is 5. The Hall–Kier alpha value is -0.850. The van der Waals surface area contributed by atoms with Crippen LogP contribution in [0.1, 0.15) is 57.7 Å². The van der Waals surface area contributed by atoms with Gasteiger partial charge in [-0.1, -0.05) is 20.3 Å². The van der Waals surface area contributed by atoms with Crippen LogP contribution in [-0.4, -0.2) is 19.0 Å². The van der Waals surface area contributed by atoms with Crippen LogP contribution in [0.2, 0.25) is 0 Å². The van der Waals surface area contributed by atoms with Gasteiger partial charge in [0.05, 0.1) is 4.90 Å². The zero-order valence-corrected chi connectivity index (χ0v) is 13.6. The van der Waals surface area contributed by atoms with Crippen molar-refractivity contribution >= 4 is 10.0 Å². The van der Waals surface area contributed by atoms with Gasteiger partial charge in [0.1, 0.15) is 0 Å². The number of sulfonamides is 1. The molecule has 0 amide bonds. The van der Waals surface area contributed by atoms with Crippen LogP contribution in [0.15, 0.2) is 17.2 Å². The minimum absolute atomic E-state index is 0.0214. The SMILES string of the molecule is CC1(C)CCCC1NS(=O)(=O)c1cc(CN)n(C2CC2)c1. The molecule has 118 valence electrons. The molecule has 2 aliphatic carbocycles. The molecule has 0 bridgehead atoms. The lowest BCUT2D eigenvalue weighted by Crippen LogP contribution is -2.41. The summed E-state index contributed by atoms with van der Waals surface area (Å²) in [6, 6.07) is 2.19. The second-order valence-corrected chi connectivity index (χ2v) is 8.78. The average Bonchev–Trinajstić information content (AvgIpc) is 3.07. The lowest BCUT2D eigenvalue weighted by atomic mass is 9.88. The van der Waals surface area contributed by atoms with Crippen LogP contribution in [0.25, 0.3) is 0 Å². The lowest BCUT2D eigenvalue weighted by molar-refractivity contribution is 0.313. The molecule has 0 aliphatic heterocycles. The molecule has 2 fully saturated rings. The molecule has 5 nitrogen and oxygen atoms in total. The van der Waals surface area contributed by atoms with Crippen LogP contribution in [0.3, 0.4) is 0 Å². The van der Waals surface area contributed by atoms with Gasteiger partial charge in [-0.15, -0.1) is 0 Å². The summed E-state index contributed by atoms with van der Waals surface area (Å²) < 4.78 is 30.2. The molecule has 1 aromatic rings. The van der Waals surface area contributed by atoms with Crippen molar-refractivity contribution in [2.45, 2.75) is 69.5 Å². The van der Waals surface area contributed by atoms with Gasteiger partial charge in [0.25, 0.3) is 0 Å². The highest BCUT2D eigenvalue weighted by molar-refractivity contribution is 7.89. The van der Waals surface area contributed by atoms with Crippen molar-refractivity contribution in [1.29, 1.82) is 0 Å². The van der Waals surface area contributed by atoms with Crippen molar-refractivity contribution in [1.82, 2.24) is 9.29 Å². The summed E-state index contributed by atoms with van der Waals surface area (Å²) in [6.45, 7) is 4.64. The van der Waals surface area contributed by atoms with E-state index in [-0.39, 0.29) is 11.5 Å². The maximum atomic E-state index is 12.6. The van der Waals surface area contributed by atoms with E-state index in [0.29, 0.717) is 17.5 Å². The Morgan fingerprint density at radius 2 is 2.10 bits per heavy atom. The molecule has 21 heavy (non-hydrogen) atoms. The molecule has 6 heteroatoms. The number of hydrogen-bond acceptors (Lipinski definition) is 3. The molecule has 3 N–H and O–H groups in total. The highest BCUT2D eigenvalue weighted by Crippen LogP contribution is 2.39. The fraction of sp³-hybridized carbons (Fsp3) is 0.733. The molecule has 0 radical (unpaired) electrons. The molecular formula is C15H25N3O2S. The van der Waals surface area contributed by atoms with E-state index in [1.165, 1.54) is 0 Å². The third-order valence-electron chi connectivity index (χ3n) is 4.92. The summed E-state index contributed by atoms with van der Waals surface area (Å²) in [5.41, 5.74) is 6.68. The van der Waals surface area contributed by atoms with Crippen LogP contribution in [0.5, 0.6) is 0 Å². The van der Waals surface area contributed by atoms with Gasteiger partial charge in [-0.25, -0.2) is 13.1 Å². The molecule has 1 aromatic heterocycles. The van der Waals surface area contributed by atoms with Crippen molar-refractivity contribution < 1.29 is 8.42 Å².